The highest BCUT2D eigenvalue weighted by Gasteiger charge is 2.01. The van der Waals surface area contributed by atoms with Crippen LogP contribution in [-0.4, -0.2) is 9.97 Å². The van der Waals surface area contributed by atoms with E-state index in [0.717, 1.165) is 20.4 Å². The summed E-state index contributed by atoms with van der Waals surface area (Å²) in [5.74, 6) is 0. The van der Waals surface area contributed by atoms with Gasteiger partial charge in [0.05, 0.1) is 0 Å². The standard InChI is InChI=1S/C10H9IN2/c1-6-5-7(2)12-10-8(6)3-4-9(11)13-10/h3-5H,1-2H3. The molecular weight excluding hydrogens is 275 g/mol. The lowest BCUT2D eigenvalue weighted by atomic mass is 10.1. The van der Waals surface area contributed by atoms with Crippen LogP contribution < -0.4 is 0 Å². The largest absolute Gasteiger partial charge is 0.233 e. The van der Waals surface area contributed by atoms with Crippen LogP contribution in [0.25, 0.3) is 11.0 Å². The van der Waals surface area contributed by atoms with Gasteiger partial charge in [-0.1, -0.05) is 0 Å². The lowest BCUT2D eigenvalue weighted by Crippen LogP contribution is -1.91. The predicted octanol–water partition coefficient (Wildman–Crippen LogP) is 2.85. The van der Waals surface area contributed by atoms with E-state index in [1.54, 1.807) is 0 Å². The molecule has 0 aliphatic heterocycles. The summed E-state index contributed by atoms with van der Waals surface area (Å²) >= 11 is 2.20. The first-order valence-electron chi connectivity index (χ1n) is 4.07. The van der Waals surface area contributed by atoms with Crippen molar-refractivity contribution in [2.24, 2.45) is 0 Å². The van der Waals surface area contributed by atoms with Crippen LogP contribution in [0.1, 0.15) is 11.3 Å². The summed E-state index contributed by atoms with van der Waals surface area (Å²) in [5, 5.41) is 1.14. The number of aryl methyl sites for hydroxylation is 2. The Balaban J connectivity index is 2.86. The Morgan fingerprint density at radius 2 is 1.92 bits per heavy atom. The molecule has 66 valence electrons. The summed E-state index contributed by atoms with van der Waals surface area (Å²) in [6.45, 7) is 4.08. The van der Waals surface area contributed by atoms with Gasteiger partial charge in [0, 0.05) is 11.1 Å². The molecule has 0 bridgehead atoms. The van der Waals surface area contributed by atoms with Gasteiger partial charge in [-0.3, -0.25) is 0 Å². The molecule has 0 radical (unpaired) electrons. The second-order valence-electron chi connectivity index (χ2n) is 3.09. The molecule has 0 amide bonds. The molecule has 0 saturated carbocycles. The van der Waals surface area contributed by atoms with Crippen LogP contribution >= 0.6 is 22.6 Å². The Labute approximate surface area is 90.5 Å². The van der Waals surface area contributed by atoms with Crippen LogP contribution in [0.4, 0.5) is 0 Å². The molecule has 13 heavy (non-hydrogen) atoms. The topological polar surface area (TPSA) is 25.8 Å². The zero-order chi connectivity index (χ0) is 9.42. The molecule has 0 aromatic carbocycles. The van der Waals surface area contributed by atoms with Gasteiger partial charge in [0.2, 0.25) is 0 Å². The lowest BCUT2D eigenvalue weighted by molar-refractivity contribution is 1.17. The van der Waals surface area contributed by atoms with Gasteiger partial charge in [0.15, 0.2) is 5.65 Å². The van der Waals surface area contributed by atoms with Crippen LogP contribution in [0, 0.1) is 17.5 Å². The van der Waals surface area contributed by atoms with E-state index >= 15 is 0 Å². The van der Waals surface area contributed by atoms with E-state index in [0.29, 0.717) is 0 Å². The maximum Gasteiger partial charge on any atom is 0.160 e. The highest BCUT2D eigenvalue weighted by Crippen LogP contribution is 2.16. The molecule has 0 unspecified atom stereocenters. The monoisotopic (exact) mass is 284 g/mol. The van der Waals surface area contributed by atoms with Gasteiger partial charge in [0.25, 0.3) is 0 Å². The summed E-state index contributed by atoms with van der Waals surface area (Å²) < 4.78 is 0.989. The van der Waals surface area contributed by atoms with Gasteiger partial charge >= 0.3 is 0 Å². The summed E-state index contributed by atoms with van der Waals surface area (Å²) in [4.78, 5) is 8.75. The number of pyridine rings is 2. The molecule has 0 N–H and O–H groups in total. The molecular formula is C10H9IN2. The van der Waals surface area contributed by atoms with E-state index < -0.39 is 0 Å². The number of nitrogens with zero attached hydrogens (tertiary/aromatic N) is 2. The van der Waals surface area contributed by atoms with Crippen LogP contribution in [-0.2, 0) is 0 Å². The van der Waals surface area contributed by atoms with E-state index in [-0.39, 0.29) is 0 Å². The van der Waals surface area contributed by atoms with Crippen molar-refractivity contribution in [1.29, 1.82) is 0 Å². The minimum Gasteiger partial charge on any atom is -0.233 e. The predicted molar refractivity (Wildman–Crippen MR) is 61.7 cm³/mol. The minimum absolute atomic E-state index is 0.851. The first kappa shape index (κ1) is 8.87. The zero-order valence-electron chi connectivity index (χ0n) is 7.50. The van der Waals surface area contributed by atoms with Crippen molar-refractivity contribution in [3.8, 4) is 0 Å². The maximum absolute atomic E-state index is 4.38. The van der Waals surface area contributed by atoms with Crippen molar-refractivity contribution in [2.75, 3.05) is 0 Å². The lowest BCUT2D eigenvalue weighted by Gasteiger charge is -2.02. The maximum atomic E-state index is 4.38. The highest BCUT2D eigenvalue weighted by atomic mass is 127. The summed E-state index contributed by atoms with van der Waals surface area (Å²) in [7, 11) is 0. The summed E-state index contributed by atoms with van der Waals surface area (Å²) in [6.07, 6.45) is 0. The Morgan fingerprint density at radius 3 is 2.69 bits per heavy atom. The number of aromatic nitrogens is 2. The van der Waals surface area contributed by atoms with E-state index in [1.807, 2.05) is 13.0 Å². The normalized spacial score (nSPS) is 10.7. The fourth-order valence-electron chi connectivity index (χ4n) is 1.41. The van der Waals surface area contributed by atoms with E-state index in [2.05, 4.69) is 51.6 Å². The molecule has 2 nitrogen and oxygen atoms in total. The van der Waals surface area contributed by atoms with Crippen LogP contribution in [0.2, 0.25) is 0 Å². The minimum atomic E-state index is 0.851. The van der Waals surface area contributed by atoms with Crippen molar-refractivity contribution in [1.82, 2.24) is 9.97 Å². The first-order valence-corrected chi connectivity index (χ1v) is 5.15. The number of rotatable bonds is 0. The molecule has 0 fully saturated rings. The SMILES string of the molecule is Cc1cc(C)c2ccc(I)nc2n1. The summed E-state index contributed by atoms with van der Waals surface area (Å²) in [6, 6.07) is 6.16. The van der Waals surface area contributed by atoms with E-state index in [4.69, 9.17) is 0 Å². The van der Waals surface area contributed by atoms with E-state index in [9.17, 15) is 0 Å². The summed E-state index contributed by atoms with van der Waals surface area (Å²) in [5.41, 5.74) is 3.12. The second-order valence-corrected chi connectivity index (χ2v) is 4.19. The highest BCUT2D eigenvalue weighted by molar-refractivity contribution is 14.1. The fourth-order valence-corrected chi connectivity index (χ4v) is 1.82. The van der Waals surface area contributed by atoms with Crippen molar-refractivity contribution < 1.29 is 0 Å². The molecule has 2 aromatic heterocycles. The number of halogens is 1. The van der Waals surface area contributed by atoms with Crippen LogP contribution in [0.3, 0.4) is 0 Å². The van der Waals surface area contributed by atoms with Gasteiger partial charge in [0.1, 0.15) is 3.70 Å². The third-order valence-corrected chi connectivity index (χ3v) is 2.57. The van der Waals surface area contributed by atoms with Crippen molar-refractivity contribution >= 4 is 33.6 Å². The Bertz CT molecular complexity index is 460. The molecule has 2 aromatic rings. The van der Waals surface area contributed by atoms with Gasteiger partial charge in [-0.15, -0.1) is 0 Å². The van der Waals surface area contributed by atoms with Crippen LogP contribution in [0.5, 0.6) is 0 Å². The Hall–Kier alpha value is -0.710. The molecule has 2 rings (SSSR count). The van der Waals surface area contributed by atoms with Gasteiger partial charge in [-0.2, -0.15) is 0 Å². The van der Waals surface area contributed by atoms with Gasteiger partial charge < -0.3 is 0 Å². The second kappa shape index (κ2) is 3.21. The molecule has 0 saturated heterocycles. The molecule has 0 spiro atoms. The third kappa shape index (κ3) is 1.65. The van der Waals surface area contributed by atoms with Gasteiger partial charge in [-0.25, -0.2) is 9.97 Å². The zero-order valence-corrected chi connectivity index (χ0v) is 9.66. The Morgan fingerprint density at radius 1 is 1.15 bits per heavy atom. The number of fused-ring (bicyclic) bond motifs is 1. The quantitative estimate of drug-likeness (QED) is 0.549. The molecule has 0 aliphatic carbocycles. The van der Waals surface area contributed by atoms with E-state index in [1.165, 1.54) is 5.56 Å². The molecule has 2 heterocycles. The van der Waals surface area contributed by atoms with Crippen molar-refractivity contribution in [3.63, 3.8) is 0 Å². The van der Waals surface area contributed by atoms with Crippen LogP contribution in [0.15, 0.2) is 18.2 Å². The number of hydrogen-bond donors (Lipinski definition) is 0. The first-order chi connectivity index (χ1) is 6.16. The molecule has 0 aliphatic rings. The third-order valence-electron chi connectivity index (χ3n) is 1.97. The fraction of sp³-hybridized carbons (Fsp3) is 0.200. The smallest absolute Gasteiger partial charge is 0.160 e. The van der Waals surface area contributed by atoms with Crippen molar-refractivity contribution in [2.45, 2.75) is 13.8 Å². The van der Waals surface area contributed by atoms with Crippen molar-refractivity contribution in [3.05, 3.63) is 33.2 Å². The Kier molecular flexibility index (Phi) is 2.19. The van der Waals surface area contributed by atoms with Gasteiger partial charge in [-0.05, 0) is 60.2 Å². The molecule has 0 atom stereocenters. The average molecular weight is 284 g/mol. The number of hydrogen-bond acceptors (Lipinski definition) is 2. The average Bonchev–Trinajstić information content (AvgIpc) is 2.02. The molecule has 3 heteroatoms.